The molecule has 1 N–H and O–H groups in total. The number of rotatable bonds is 6. The van der Waals surface area contributed by atoms with Crippen LogP contribution in [0.2, 0.25) is 0 Å². The van der Waals surface area contributed by atoms with E-state index in [1.165, 1.54) is 5.56 Å². The smallest absolute Gasteiger partial charge is 0.232 e. The highest BCUT2D eigenvalue weighted by Gasteiger charge is 2.28. The van der Waals surface area contributed by atoms with Gasteiger partial charge in [0.1, 0.15) is 11.9 Å². The Morgan fingerprint density at radius 3 is 2.19 bits per heavy atom. The summed E-state index contributed by atoms with van der Waals surface area (Å²) in [5.74, 6) is 0.533. The summed E-state index contributed by atoms with van der Waals surface area (Å²) < 4.78 is 6.30. The van der Waals surface area contributed by atoms with Crippen molar-refractivity contribution >= 4 is 5.91 Å². The summed E-state index contributed by atoms with van der Waals surface area (Å²) in [6, 6.07) is 30.0. The van der Waals surface area contributed by atoms with Crippen LogP contribution < -0.4 is 10.1 Å². The first kappa shape index (κ1) is 20.0. The van der Waals surface area contributed by atoms with Gasteiger partial charge in [-0.25, -0.2) is 0 Å². The number of ether oxygens (including phenoxy) is 1. The van der Waals surface area contributed by atoms with E-state index < -0.39 is 0 Å². The van der Waals surface area contributed by atoms with Crippen LogP contribution in [0.1, 0.15) is 22.6 Å². The number of amides is 1. The van der Waals surface area contributed by atoms with Gasteiger partial charge in [-0.1, -0.05) is 78.9 Å². The Hall–Kier alpha value is -3.92. The number of nitrogens with one attached hydrogen (secondary N) is 1. The number of aromatic nitrogens is 1. The third-order valence-corrected chi connectivity index (χ3v) is 5.85. The second kappa shape index (κ2) is 9.06. The van der Waals surface area contributed by atoms with E-state index in [1.54, 1.807) is 12.4 Å². The molecule has 0 aliphatic carbocycles. The zero-order chi connectivity index (χ0) is 21.8. The van der Waals surface area contributed by atoms with E-state index in [4.69, 9.17) is 4.74 Å². The van der Waals surface area contributed by atoms with Crippen molar-refractivity contribution in [3.63, 3.8) is 0 Å². The molecule has 1 amide bonds. The van der Waals surface area contributed by atoms with E-state index in [9.17, 15) is 4.79 Å². The second-order valence-electron chi connectivity index (χ2n) is 7.97. The number of carbonyl (C=O) groups is 1. The molecule has 0 fully saturated rings. The van der Waals surface area contributed by atoms with E-state index in [2.05, 4.69) is 28.5 Å². The lowest BCUT2D eigenvalue weighted by atomic mass is 9.90. The minimum absolute atomic E-state index is 0.0173. The fraction of sp³-hybridized carbons (Fsp3) is 0.143. The maximum absolute atomic E-state index is 13.3. The molecule has 0 saturated carbocycles. The number of para-hydroxylation sites is 1. The lowest BCUT2D eigenvalue weighted by molar-refractivity contribution is -0.122. The molecule has 5 rings (SSSR count). The molecule has 0 bridgehead atoms. The molecule has 4 nitrogen and oxygen atoms in total. The summed E-state index contributed by atoms with van der Waals surface area (Å²) >= 11 is 0. The van der Waals surface area contributed by atoms with Gasteiger partial charge < -0.3 is 10.1 Å². The SMILES string of the molecule is O=C(NC[C@H]1Cc2cccc(-c3ccncc3)c2O1)C(c1ccccc1)c1ccccc1. The Kier molecular flexibility index (Phi) is 5.67. The van der Waals surface area contributed by atoms with Crippen LogP contribution in [0.15, 0.2) is 103 Å². The van der Waals surface area contributed by atoms with Crippen molar-refractivity contribution in [2.24, 2.45) is 0 Å². The number of carbonyl (C=O) groups excluding carboxylic acids is 1. The van der Waals surface area contributed by atoms with E-state index in [-0.39, 0.29) is 17.9 Å². The van der Waals surface area contributed by atoms with E-state index in [0.717, 1.165) is 34.4 Å². The van der Waals surface area contributed by atoms with Gasteiger partial charge in [0, 0.05) is 24.4 Å². The zero-order valence-electron chi connectivity index (χ0n) is 17.6. The summed E-state index contributed by atoms with van der Waals surface area (Å²) in [5.41, 5.74) is 5.26. The van der Waals surface area contributed by atoms with Crippen molar-refractivity contribution < 1.29 is 9.53 Å². The number of pyridine rings is 1. The monoisotopic (exact) mass is 420 g/mol. The van der Waals surface area contributed by atoms with Crippen molar-refractivity contribution in [3.8, 4) is 16.9 Å². The predicted octanol–water partition coefficient (Wildman–Crippen LogP) is 5.00. The van der Waals surface area contributed by atoms with Gasteiger partial charge in [0.2, 0.25) is 5.91 Å². The molecule has 3 aromatic carbocycles. The molecule has 0 unspecified atom stereocenters. The highest BCUT2D eigenvalue weighted by molar-refractivity contribution is 5.87. The molecule has 32 heavy (non-hydrogen) atoms. The standard InChI is InChI=1S/C28H24N2O2/c31-28(26(21-8-3-1-4-9-21)22-10-5-2-6-11-22)30-19-24-18-23-12-7-13-25(27(23)32-24)20-14-16-29-17-15-20/h1-17,24,26H,18-19H2,(H,30,31)/t24-/m1/s1. The first-order valence-electron chi connectivity index (χ1n) is 10.9. The van der Waals surface area contributed by atoms with Crippen molar-refractivity contribution in [2.45, 2.75) is 18.4 Å². The molecule has 0 saturated heterocycles. The number of hydrogen-bond donors (Lipinski definition) is 1. The van der Waals surface area contributed by atoms with Gasteiger partial charge in [-0.2, -0.15) is 0 Å². The van der Waals surface area contributed by atoms with Gasteiger partial charge >= 0.3 is 0 Å². The Morgan fingerprint density at radius 2 is 1.53 bits per heavy atom. The van der Waals surface area contributed by atoms with Crippen LogP contribution >= 0.6 is 0 Å². The van der Waals surface area contributed by atoms with E-state index in [1.807, 2.05) is 72.8 Å². The third kappa shape index (κ3) is 4.12. The number of benzene rings is 3. The van der Waals surface area contributed by atoms with Gasteiger partial charge in [-0.05, 0) is 34.4 Å². The molecule has 2 heterocycles. The van der Waals surface area contributed by atoms with Gasteiger partial charge in [0.15, 0.2) is 0 Å². The molecule has 158 valence electrons. The molecular formula is C28H24N2O2. The molecule has 1 aliphatic rings. The van der Waals surface area contributed by atoms with Crippen LogP contribution in [0.4, 0.5) is 0 Å². The van der Waals surface area contributed by atoms with Crippen LogP contribution in [0.5, 0.6) is 5.75 Å². The fourth-order valence-electron chi connectivity index (χ4n) is 4.31. The molecule has 1 aromatic heterocycles. The normalized spacial score (nSPS) is 14.6. The van der Waals surface area contributed by atoms with Gasteiger partial charge in [-0.15, -0.1) is 0 Å². The van der Waals surface area contributed by atoms with Crippen molar-refractivity contribution in [2.75, 3.05) is 6.54 Å². The highest BCUT2D eigenvalue weighted by Crippen LogP contribution is 2.38. The predicted molar refractivity (Wildman–Crippen MR) is 126 cm³/mol. The summed E-state index contributed by atoms with van der Waals surface area (Å²) in [5, 5.41) is 3.14. The molecule has 1 aliphatic heterocycles. The molecule has 1 atom stereocenters. The first-order chi connectivity index (χ1) is 15.8. The van der Waals surface area contributed by atoms with Crippen LogP contribution in [0.3, 0.4) is 0 Å². The Morgan fingerprint density at radius 1 is 0.875 bits per heavy atom. The van der Waals surface area contributed by atoms with Crippen molar-refractivity contribution in [1.82, 2.24) is 10.3 Å². The summed E-state index contributed by atoms with van der Waals surface area (Å²) in [6.45, 7) is 0.458. The van der Waals surface area contributed by atoms with Crippen LogP contribution in [0.25, 0.3) is 11.1 Å². The minimum Gasteiger partial charge on any atom is -0.487 e. The number of fused-ring (bicyclic) bond motifs is 1. The average molecular weight is 421 g/mol. The van der Waals surface area contributed by atoms with Crippen LogP contribution in [-0.4, -0.2) is 23.5 Å². The minimum atomic E-state index is -0.353. The van der Waals surface area contributed by atoms with E-state index in [0.29, 0.717) is 6.54 Å². The Labute approximate surface area is 187 Å². The maximum atomic E-state index is 13.3. The molecule has 0 spiro atoms. The van der Waals surface area contributed by atoms with Crippen LogP contribution in [-0.2, 0) is 11.2 Å². The quantitative estimate of drug-likeness (QED) is 0.478. The van der Waals surface area contributed by atoms with Crippen molar-refractivity contribution in [1.29, 1.82) is 0 Å². The number of nitrogens with zero attached hydrogens (tertiary/aromatic N) is 1. The number of hydrogen-bond acceptors (Lipinski definition) is 3. The van der Waals surface area contributed by atoms with Gasteiger partial charge in [0.05, 0.1) is 12.5 Å². The molecule has 4 heteroatoms. The van der Waals surface area contributed by atoms with Crippen LogP contribution in [0, 0.1) is 0 Å². The average Bonchev–Trinajstić information content (AvgIpc) is 3.28. The highest BCUT2D eigenvalue weighted by atomic mass is 16.5. The van der Waals surface area contributed by atoms with Crippen molar-refractivity contribution in [3.05, 3.63) is 120 Å². The molecule has 4 aromatic rings. The Balaban J connectivity index is 1.31. The van der Waals surface area contributed by atoms with Gasteiger partial charge in [0.25, 0.3) is 0 Å². The van der Waals surface area contributed by atoms with E-state index >= 15 is 0 Å². The lowest BCUT2D eigenvalue weighted by Gasteiger charge is -2.19. The largest absolute Gasteiger partial charge is 0.487 e. The zero-order valence-corrected chi connectivity index (χ0v) is 17.6. The third-order valence-electron chi connectivity index (χ3n) is 5.85. The molecule has 0 radical (unpaired) electrons. The second-order valence-corrected chi connectivity index (χ2v) is 7.97. The first-order valence-corrected chi connectivity index (χ1v) is 10.9. The van der Waals surface area contributed by atoms with Gasteiger partial charge in [-0.3, -0.25) is 9.78 Å². The summed E-state index contributed by atoms with van der Waals surface area (Å²) in [7, 11) is 0. The molecular weight excluding hydrogens is 396 g/mol. The summed E-state index contributed by atoms with van der Waals surface area (Å²) in [6.07, 6.45) is 4.25. The lowest BCUT2D eigenvalue weighted by Crippen LogP contribution is -2.37. The topological polar surface area (TPSA) is 51.2 Å². The maximum Gasteiger partial charge on any atom is 0.232 e. The Bertz CT molecular complexity index is 1150. The fourth-order valence-corrected chi connectivity index (χ4v) is 4.31. The summed E-state index contributed by atoms with van der Waals surface area (Å²) in [4.78, 5) is 17.4.